The van der Waals surface area contributed by atoms with Gasteiger partial charge in [0.2, 0.25) is 0 Å². The minimum Gasteiger partial charge on any atom is -0.347 e. The maximum atomic E-state index is 12.7. The average Bonchev–Trinajstić information content (AvgIpc) is 3.08. The van der Waals surface area contributed by atoms with Crippen molar-refractivity contribution in [2.45, 2.75) is 25.7 Å². The summed E-state index contributed by atoms with van der Waals surface area (Å²) in [5, 5.41) is 12.9. The molecule has 150 valence electrons. The Hall–Kier alpha value is -3.11. The van der Waals surface area contributed by atoms with E-state index in [0.717, 1.165) is 12.1 Å². The van der Waals surface area contributed by atoms with Crippen molar-refractivity contribution in [2.24, 2.45) is 0 Å². The molecular formula is C17H19F3N6O2. The lowest BCUT2D eigenvalue weighted by atomic mass is 10.1. The lowest BCUT2D eigenvalue weighted by Crippen LogP contribution is -2.54. The molecule has 2 heterocycles. The third kappa shape index (κ3) is 4.41. The number of halogens is 3. The van der Waals surface area contributed by atoms with Crippen LogP contribution < -0.4 is 10.6 Å². The molecule has 0 aliphatic carbocycles. The Labute approximate surface area is 158 Å². The molecule has 0 unspecified atom stereocenters. The number of hydrogen-bond acceptors (Lipinski definition) is 4. The first-order valence-electron chi connectivity index (χ1n) is 8.67. The van der Waals surface area contributed by atoms with Gasteiger partial charge in [0.15, 0.2) is 5.69 Å². The van der Waals surface area contributed by atoms with E-state index < -0.39 is 17.6 Å². The van der Waals surface area contributed by atoms with Crippen LogP contribution in [-0.2, 0) is 12.7 Å². The minimum absolute atomic E-state index is 0.0587. The number of hydrogen-bond donors (Lipinski definition) is 2. The van der Waals surface area contributed by atoms with Gasteiger partial charge < -0.3 is 15.5 Å². The van der Waals surface area contributed by atoms with Crippen LogP contribution in [0.3, 0.4) is 0 Å². The van der Waals surface area contributed by atoms with E-state index >= 15 is 0 Å². The standard InChI is InChI=1S/C17H19F3N6O2/c1-2-21-16(28)25-8-13(9-25)26-10-14(23-24-26)15(27)22-7-11-4-3-5-12(6-11)17(18,19)20/h3-6,10,13H,2,7-9H2,1H3,(H,21,28)(H,22,27). The summed E-state index contributed by atoms with van der Waals surface area (Å²) in [5.41, 5.74) is -0.387. The van der Waals surface area contributed by atoms with Gasteiger partial charge in [-0.2, -0.15) is 13.2 Å². The van der Waals surface area contributed by atoms with Gasteiger partial charge in [0.05, 0.1) is 17.8 Å². The van der Waals surface area contributed by atoms with Crippen molar-refractivity contribution in [1.29, 1.82) is 0 Å². The summed E-state index contributed by atoms with van der Waals surface area (Å²) in [6.07, 6.45) is -2.98. The predicted molar refractivity (Wildman–Crippen MR) is 92.3 cm³/mol. The van der Waals surface area contributed by atoms with Gasteiger partial charge in [-0.1, -0.05) is 17.3 Å². The molecule has 1 aliphatic heterocycles. The SMILES string of the molecule is CCNC(=O)N1CC(n2cc(C(=O)NCc3cccc(C(F)(F)F)c3)nn2)C1. The molecule has 11 heteroatoms. The molecular weight excluding hydrogens is 377 g/mol. The summed E-state index contributed by atoms with van der Waals surface area (Å²) in [4.78, 5) is 25.4. The molecule has 0 bridgehead atoms. The zero-order chi connectivity index (χ0) is 20.3. The van der Waals surface area contributed by atoms with Crippen molar-refractivity contribution in [1.82, 2.24) is 30.5 Å². The lowest BCUT2D eigenvalue weighted by Gasteiger charge is -2.38. The van der Waals surface area contributed by atoms with Crippen molar-refractivity contribution in [3.05, 3.63) is 47.3 Å². The van der Waals surface area contributed by atoms with Gasteiger partial charge in [-0.25, -0.2) is 9.48 Å². The molecule has 8 nitrogen and oxygen atoms in total. The van der Waals surface area contributed by atoms with Crippen molar-refractivity contribution < 1.29 is 22.8 Å². The Bertz CT molecular complexity index is 861. The van der Waals surface area contributed by atoms with E-state index in [9.17, 15) is 22.8 Å². The number of rotatable bonds is 5. The first kappa shape index (κ1) is 19.6. The van der Waals surface area contributed by atoms with Crippen molar-refractivity contribution in [2.75, 3.05) is 19.6 Å². The van der Waals surface area contributed by atoms with Crippen LogP contribution in [0, 0.1) is 0 Å². The first-order chi connectivity index (χ1) is 13.3. The van der Waals surface area contributed by atoms with E-state index in [0.29, 0.717) is 25.2 Å². The fraction of sp³-hybridized carbons (Fsp3) is 0.412. The zero-order valence-corrected chi connectivity index (χ0v) is 15.0. The summed E-state index contributed by atoms with van der Waals surface area (Å²) < 4.78 is 39.7. The van der Waals surface area contributed by atoms with Crippen LogP contribution in [0.25, 0.3) is 0 Å². The molecule has 1 saturated heterocycles. The topological polar surface area (TPSA) is 92.2 Å². The Morgan fingerprint density at radius 3 is 2.68 bits per heavy atom. The molecule has 2 N–H and O–H groups in total. The summed E-state index contributed by atoms with van der Waals surface area (Å²) in [5.74, 6) is -0.538. The van der Waals surface area contributed by atoms with Gasteiger partial charge in [-0.3, -0.25) is 4.79 Å². The highest BCUT2D eigenvalue weighted by Gasteiger charge is 2.33. The van der Waals surface area contributed by atoms with E-state index in [2.05, 4.69) is 20.9 Å². The Balaban J connectivity index is 1.53. The highest BCUT2D eigenvalue weighted by atomic mass is 19.4. The molecule has 0 radical (unpaired) electrons. The van der Waals surface area contributed by atoms with Crippen molar-refractivity contribution in [3.63, 3.8) is 0 Å². The second kappa shape index (κ2) is 7.87. The number of likely N-dealkylation sites (tertiary alicyclic amines) is 1. The lowest BCUT2D eigenvalue weighted by molar-refractivity contribution is -0.137. The van der Waals surface area contributed by atoms with E-state index in [1.165, 1.54) is 23.0 Å². The molecule has 1 fully saturated rings. The number of alkyl halides is 3. The van der Waals surface area contributed by atoms with Gasteiger partial charge in [-0.05, 0) is 24.6 Å². The Morgan fingerprint density at radius 2 is 2.00 bits per heavy atom. The third-order valence-electron chi connectivity index (χ3n) is 4.30. The minimum atomic E-state index is -4.44. The molecule has 0 spiro atoms. The van der Waals surface area contributed by atoms with E-state index in [4.69, 9.17) is 0 Å². The molecule has 3 amide bonds. The Kier molecular flexibility index (Phi) is 5.52. The van der Waals surface area contributed by atoms with Crippen LogP contribution in [0.5, 0.6) is 0 Å². The molecule has 1 aromatic carbocycles. The van der Waals surface area contributed by atoms with Gasteiger partial charge in [0.1, 0.15) is 0 Å². The molecule has 0 atom stereocenters. The number of urea groups is 1. The van der Waals surface area contributed by atoms with Gasteiger partial charge in [-0.15, -0.1) is 5.10 Å². The normalized spacial score (nSPS) is 14.5. The summed E-state index contributed by atoms with van der Waals surface area (Å²) in [6.45, 7) is 3.22. The maximum absolute atomic E-state index is 12.7. The van der Waals surface area contributed by atoms with Crippen molar-refractivity contribution in [3.8, 4) is 0 Å². The van der Waals surface area contributed by atoms with Crippen LogP contribution in [0.15, 0.2) is 30.5 Å². The van der Waals surface area contributed by atoms with Crippen LogP contribution in [0.4, 0.5) is 18.0 Å². The molecule has 1 aliphatic rings. The smallest absolute Gasteiger partial charge is 0.347 e. The van der Waals surface area contributed by atoms with E-state index in [1.54, 1.807) is 4.90 Å². The molecule has 0 saturated carbocycles. The number of carbonyl (C=O) groups is 2. The van der Waals surface area contributed by atoms with Crippen LogP contribution in [0.2, 0.25) is 0 Å². The molecule has 2 aromatic rings. The number of benzene rings is 1. The first-order valence-corrected chi connectivity index (χ1v) is 8.67. The van der Waals surface area contributed by atoms with Crippen LogP contribution >= 0.6 is 0 Å². The molecule has 1 aromatic heterocycles. The average molecular weight is 396 g/mol. The molecule has 28 heavy (non-hydrogen) atoms. The number of amides is 3. The predicted octanol–water partition coefficient (Wildman–Crippen LogP) is 1.81. The number of nitrogens with zero attached hydrogens (tertiary/aromatic N) is 4. The van der Waals surface area contributed by atoms with Crippen molar-refractivity contribution >= 4 is 11.9 Å². The van der Waals surface area contributed by atoms with Crippen LogP contribution in [-0.4, -0.2) is 51.5 Å². The monoisotopic (exact) mass is 396 g/mol. The zero-order valence-electron chi connectivity index (χ0n) is 15.0. The second-order valence-corrected chi connectivity index (χ2v) is 6.36. The largest absolute Gasteiger partial charge is 0.416 e. The molecule has 3 rings (SSSR count). The summed E-state index contributed by atoms with van der Waals surface area (Å²) in [6, 6.07) is 4.52. The van der Waals surface area contributed by atoms with Gasteiger partial charge >= 0.3 is 12.2 Å². The highest BCUT2D eigenvalue weighted by Crippen LogP contribution is 2.29. The fourth-order valence-corrected chi connectivity index (χ4v) is 2.74. The highest BCUT2D eigenvalue weighted by molar-refractivity contribution is 5.91. The second-order valence-electron chi connectivity index (χ2n) is 6.36. The third-order valence-corrected chi connectivity index (χ3v) is 4.30. The summed E-state index contributed by atoms with van der Waals surface area (Å²) >= 11 is 0. The fourth-order valence-electron chi connectivity index (χ4n) is 2.74. The number of carbonyl (C=O) groups excluding carboxylic acids is 2. The van der Waals surface area contributed by atoms with E-state index in [-0.39, 0.29) is 24.3 Å². The summed E-state index contributed by atoms with van der Waals surface area (Å²) in [7, 11) is 0. The van der Waals surface area contributed by atoms with Crippen LogP contribution in [0.1, 0.15) is 34.6 Å². The van der Waals surface area contributed by atoms with Gasteiger partial charge in [0.25, 0.3) is 5.91 Å². The quantitative estimate of drug-likeness (QED) is 0.806. The number of aromatic nitrogens is 3. The van der Waals surface area contributed by atoms with E-state index in [1.807, 2.05) is 6.92 Å². The maximum Gasteiger partial charge on any atom is 0.416 e. The Morgan fingerprint density at radius 1 is 1.25 bits per heavy atom. The van der Waals surface area contributed by atoms with Gasteiger partial charge in [0, 0.05) is 26.2 Å². The number of nitrogens with one attached hydrogen (secondary N) is 2.